The van der Waals surface area contributed by atoms with Crippen molar-refractivity contribution >= 4 is 18.3 Å². The van der Waals surface area contributed by atoms with Crippen molar-refractivity contribution in [2.24, 2.45) is 9.98 Å². The van der Waals surface area contributed by atoms with Crippen LogP contribution in [0.25, 0.3) is 5.70 Å². The summed E-state index contributed by atoms with van der Waals surface area (Å²) in [6.45, 7) is 29.7. The minimum absolute atomic E-state index is 0.261. The number of hydrogen-bond donors (Lipinski definition) is 1. The Hall–Kier alpha value is -3.60. The summed E-state index contributed by atoms with van der Waals surface area (Å²) in [7, 11) is 4.12. The monoisotopic (exact) mass is 565 g/mol. The molecule has 1 saturated heterocycles. The van der Waals surface area contributed by atoms with Crippen molar-refractivity contribution in [3.8, 4) is 0 Å². The summed E-state index contributed by atoms with van der Waals surface area (Å²) in [5.74, 6) is 0.941. The third kappa shape index (κ3) is 5.84. The van der Waals surface area contributed by atoms with Crippen molar-refractivity contribution in [1.82, 2.24) is 15.1 Å². The fraction of sp³-hybridized carbons (Fsp3) is 0.459. The summed E-state index contributed by atoms with van der Waals surface area (Å²) in [5.41, 5.74) is 14.6. The molecule has 1 aliphatic carbocycles. The van der Waals surface area contributed by atoms with Gasteiger partial charge >= 0.3 is 0 Å². The average Bonchev–Trinajstić information content (AvgIpc) is 3.70. The molecular formula is C37H51N5. The van der Waals surface area contributed by atoms with Gasteiger partial charge in [-0.3, -0.25) is 9.98 Å². The summed E-state index contributed by atoms with van der Waals surface area (Å²) in [6, 6.07) is 11.6. The maximum Gasteiger partial charge on any atom is 0.129 e. The van der Waals surface area contributed by atoms with Crippen LogP contribution in [0.5, 0.6) is 0 Å². The smallest absolute Gasteiger partial charge is 0.129 e. The predicted octanol–water partition coefficient (Wildman–Crippen LogP) is 8.02. The summed E-state index contributed by atoms with van der Waals surface area (Å²) in [5, 5.41) is 3.27. The molecule has 42 heavy (non-hydrogen) atoms. The summed E-state index contributed by atoms with van der Waals surface area (Å²) in [6.07, 6.45) is 2.35. The van der Waals surface area contributed by atoms with Crippen LogP contribution in [-0.2, 0) is 23.9 Å². The molecule has 0 aromatic heterocycles. The zero-order chi connectivity index (χ0) is 31.1. The van der Waals surface area contributed by atoms with Crippen LogP contribution in [0.1, 0.15) is 93.8 Å². The van der Waals surface area contributed by atoms with E-state index in [0.717, 1.165) is 35.8 Å². The van der Waals surface area contributed by atoms with Crippen LogP contribution in [0, 0.1) is 13.8 Å². The maximum absolute atomic E-state index is 5.24. The number of nitrogens with one attached hydrogen (secondary N) is 1. The van der Waals surface area contributed by atoms with E-state index < -0.39 is 0 Å². The topological polar surface area (TPSA) is 43.0 Å². The number of nitrogens with zero attached hydrogens (tertiary/aromatic N) is 4. The molecule has 1 heterocycles. The summed E-state index contributed by atoms with van der Waals surface area (Å²) >= 11 is 0. The van der Waals surface area contributed by atoms with Gasteiger partial charge in [0.25, 0.3) is 0 Å². The quantitative estimate of drug-likeness (QED) is 0.190. The second-order valence-corrected chi connectivity index (χ2v) is 13.3. The van der Waals surface area contributed by atoms with E-state index in [1.165, 1.54) is 56.8 Å². The van der Waals surface area contributed by atoms with Gasteiger partial charge in [-0.05, 0) is 107 Å². The Labute approximate surface area is 254 Å². The van der Waals surface area contributed by atoms with Crippen LogP contribution in [0.4, 0.5) is 0 Å². The van der Waals surface area contributed by atoms with Gasteiger partial charge in [-0.1, -0.05) is 50.8 Å². The molecule has 2 aromatic carbocycles. The predicted molar refractivity (Wildman–Crippen MR) is 181 cm³/mol. The molecule has 4 rings (SSSR count). The number of hydrogen-bond acceptors (Lipinski definition) is 4. The first kappa shape index (κ1) is 31.3. The minimum Gasteiger partial charge on any atom is -0.390 e. The van der Waals surface area contributed by atoms with Crippen molar-refractivity contribution in [2.75, 3.05) is 20.6 Å². The van der Waals surface area contributed by atoms with E-state index >= 15 is 0 Å². The lowest BCUT2D eigenvalue weighted by Gasteiger charge is -2.39. The van der Waals surface area contributed by atoms with E-state index in [1.54, 1.807) is 0 Å². The van der Waals surface area contributed by atoms with Crippen LogP contribution in [0.2, 0.25) is 0 Å². The number of benzene rings is 2. The molecule has 1 aliphatic heterocycles. The molecular weight excluding hydrogens is 514 g/mol. The molecule has 5 heteroatoms. The van der Waals surface area contributed by atoms with Gasteiger partial charge in [-0.25, -0.2) is 0 Å². The number of aryl methyl sites for hydroxylation is 3. The van der Waals surface area contributed by atoms with E-state index in [-0.39, 0.29) is 11.0 Å². The highest BCUT2D eigenvalue weighted by Gasteiger charge is 2.34. The lowest BCUT2D eigenvalue weighted by molar-refractivity contribution is 0.258. The highest BCUT2D eigenvalue weighted by atomic mass is 15.3. The first-order valence-corrected chi connectivity index (χ1v) is 15.1. The van der Waals surface area contributed by atoms with Gasteiger partial charge in [0.05, 0.1) is 24.3 Å². The second kappa shape index (κ2) is 11.6. The zero-order valence-electron chi connectivity index (χ0n) is 27.9. The fourth-order valence-corrected chi connectivity index (χ4v) is 6.32. The third-order valence-corrected chi connectivity index (χ3v) is 9.79. The fourth-order valence-electron chi connectivity index (χ4n) is 6.32. The van der Waals surface area contributed by atoms with Crippen molar-refractivity contribution in [2.45, 2.75) is 92.7 Å². The first-order chi connectivity index (χ1) is 19.6. The third-order valence-electron chi connectivity index (χ3n) is 9.79. The highest BCUT2D eigenvalue weighted by molar-refractivity contribution is 5.99. The number of fused-ring (bicyclic) bond motifs is 1. The van der Waals surface area contributed by atoms with E-state index in [9.17, 15) is 0 Å². The van der Waals surface area contributed by atoms with Crippen LogP contribution in [0.15, 0.2) is 69.6 Å². The lowest BCUT2D eigenvalue weighted by atomic mass is 9.86. The molecule has 2 aromatic rings. The van der Waals surface area contributed by atoms with E-state index in [0.29, 0.717) is 6.54 Å². The number of allylic oxidation sites excluding steroid dienone is 2. The first-order valence-electron chi connectivity index (χ1n) is 15.1. The normalized spacial score (nSPS) is 17.9. The Bertz CT molecular complexity index is 1490. The van der Waals surface area contributed by atoms with Crippen molar-refractivity contribution in [3.05, 3.63) is 98.5 Å². The standard InChI is InChI=1S/C37H51N5/c1-23-18-31(19-24(2)34(23)28(6)42-22-33(42)27(5)39-12)37(9,10)41(13)35(25(3)26(4)38-11)40-21-29-14-15-32-30(20-29)16-17-36(32,7)8/h14-15,18-20,39H,6,11,16-17,21-22H2,1-5,7-10,12-13H3/b26-25-,33-27-,40-35?. The molecule has 1 fully saturated rings. The Morgan fingerprint density at radius 2 is 1.74 bits per heavy atom. The van der Waals surface area contributed by atoms with E-state index in [1.807, 2.05) is 14.0 Å². The van der Waals surface area contributed by atoms with E-state index in [4.69, 9.17) is 4.99 Å². The largest absolute Gasteiger partial charge is 0.390 e. The highest BCUT2D eigenvalue weighted by Crippen LogP contribution is 2.40. The Balaban J connectivity index is 1.67. The van der Waals surface area contributed by atoms with E-state index in [2.05, 4.69) is 126 Å². The molecule has 5 nitrogen and oxygen atoms in total. The average molecular weight is 566 g/mol. The molecule has 2 aliphatic rings. The van der Waals surface area contributed by atoms with Gasteiger partial charge in [0, 0.05) is 42.3 Å². The summed E-state index contributed by atoms with van der Waals surface area (Å²) in [4.78, 5) is 14.1. The molecule has 0 saturated carbocycles. The van der Waals surface area contributed by atoms with Crippen molar-refractivity contribution in [1.29, 1.82) is 0 Å². The lowest BCUT2D eigenvalue weighted by Crippen LogP contribution is -2.43. The number of likely N-dealkylation sites (N-methyl/N-ethyl adjacent to an activating group) is 1. The molecule has 0 atom stereocenters. The van der Waals surface area contributed by atoms with Gasteiger partial charge < -0.3 is 15.1 Å². The van der Waals surface area contributed by atoms with Gasteiger partial charge in [-0.2, -0.15) is 0 Å². The molecule has 1 N–H and O–H groups in total. The number of amidine groups is 1. The van der Waals surface area contributed by atoms with Gasteiger partial charge in [0.2, 0.25) is 0 Å². The zero-order valence-corrected chi connectivity index (χ0v) is 27.9. The second-order valence-electron chi connectivity index (χ2n) is 13.3. The minimum atomic E-state index is -0.327. The van der Waals surface area contributed by atoms with Crippen LogP contribution in [-0.4, -0.2) is 43.0 Å². The molecule has 0 radical (unpaired) electrons. The molecule has 0 amide bonds. The van der Waals surface area contributed by atoms with Gasteiger partial charge in [-0.15, -0.1) is 0 Å². The molecule has 224 valence electrons. The number of rotatable bonds is 9. The van der Waals surface area contributed by atoms with Gasteiger partial charge in [0.1, 0.15) is 5.84 Å². The number of aliphatic imine (C=N–C) groups is 2. The van der Waals surface area contributed by atoms with Crippen molar-refractivity contribution < 1.29 is 0 Å². The van der Waals surface area contributed by atoms with Crippen LogP contribution < -0.4 is 5.32 Å². The molecule has 0 bridgehead atoms. The molecule has 0 spiro atoms. The van der Waals surface area contributed by atoms with Gasteiger partial charge in [0.15, 0.2) is 0 Å². The Morgan fingerprint density at radius 3 is 2.33 bits per heavy atom. The SMILES string of the molecule is C=N/C(C)=C(/C)C(=NCc1ccc2c(c1)CCC2(C)C)N(C)C(C)(C)c1cc(C)c(C(=C)N2C/C2=C(\C)NC)c(C)c1. The summed E-state index contributed by atoms with van der Waals surface area (Å²) < 4.78 is 0. The Morgan fingerprint density at radius 1 is 1.10 bits per heavy atom. The Kier molecular flexibility index (Phi) is 8.64. The maximum atomic E-state index is 5.24. The molecule has 0 unspecified atom stereocenters. The van der Waals surface area contributed by atoms with Crippen LogP contribution in [0.3, 0.4) is 0 Å². The van der Waals surface area contributed by atoms with Crippen LogP contribution >= 0.6 is 0 Å². The van der Waals surface area contributed by atoms with Crippen molar-refractivity contribution in [3.63, 3.8) is 0 Å².